The van der Waals surface area contributed by atoms with E-state index >= 15 is 0 Å². The van der Waals surface area contributed by atoms with Crippen LogP contribution < -0.4 is 10.1 Å². The molecule has 0 saturated heterocycles. The molecule has 10 aromatic carbocycles. The second-order valence-electron chi connectivity index (χ2n) is 37.4. The van der Waals surface area contributed by atoms with Gasteiger partial charge < -0.3 is 14.5 Å². The highest BCUT2D eigenvalue weighted by Gasteiger charge is 2.54. The number of ether oxygens (including phenoxy) is 1. The number of benzene rings is 10. The van der Waals surface area contributed by atoms with Crippen molar-refractivity contribution in [2.75, 3.05) is 5.32 Å². The highest BCUT2D eigenvalue weighted by atomic mass is 16.5. The van der Waals surface area contributed by atoms with Gasteiger partial charge >= 0.3 is 0 Å². The van der Waals surface area contributed by atoms with E-state index in [1.165, 1.54) is 280 Å². The second kappa shape index (κ2) is 29.7. The van der Waals surface area contributed by atoms with E-state index in [-0.39, 0.29) is 45.0 Å². The molecule has 8 aliphatic rings. The normalized spacial score (nSPS) is 18.9. The summed E-state index contributed by atoms with van der Waals surface area (Å²) in [6.45, 7) is 24.2. The van der Waals surface area contributed by atoms with Crippen LogP contribution in [-0.2, 0) is 27.1 Å². The van der Waals surface area contributed by atoms with Crippen molar-refractivity contribution in [2.24, 2.45) is 5.92 Å². The molecule has 3 unspecified atom stereocenters. The average molecular weight is 1500 g/mol. The molecule has 11 aromatic rings. The van der Waals surface area contributed by atoms with Gasteiger partial charge in [0.15, 0.2) is 0 Å². The minimum absolute atomic E-state index is 0.0547. The third kappa shape index (κ3) is 11.9. The Labute approximate surface area is 681 Å². The van der Waals surface area contributed by atoms with Crippen LogP contribution in [0.15, 0.2) is 228 Å². The van der Waals surface area contributed by atoms with Gasteiger partial charge in [-0.1, -0.05) is 361 Å². The molecule has 114 heavy (non-hydrogen) atoms. The Morgan fingerprint density at radius 1 is 0.404 bits per heavy atom. The maximum absolute atomic E-state index is 7.44. The Bertz CT molecular complexity index is 5720. The molecule has 0 bridgehead atoms. The highest BCUT2D eigenvalue weighted by molar-refractivity contribution is 6.21. The van der Waals surface area contributed by atoms with Crippen LogP contribution >= 0.6 is 0 Å². The summed E-state index contributed by atoms with van der Waals surface area (Å²) < 4.78 is 14.5. The largest absolute Gasteiger partial charge is 0.484 e. The van der Waals surface area contributed by atoms with Gasteiger partial charge in [0.25, 0.3) is 0 Å². The predicted molar refractivity (Wildman–Crippen MR) is 483 cm³/mol. The van der Waals surface area contributed by atoms with Crippen LogP contribution in [0.4, 0.5) is 11.4 Å². The number of hydrogen-bond donors (Lipinski definition) is 1. The van der Waals surface area contributed by atoms with Crippen molar-refractivity contribution in [1.82, 2.24) is 0 Å². The minimum Gasteiger partial charge on any atom is -0.484 e. The van der Waals surface area contributed by atoms with Crippen LogP contribution in [0.5, 0.6) is 5.75 Å². The molecule has 0 radical (unpaired) electrons. The van der Waals surface area contributed by atoms with Gasteiger partial charge in [-0.3, -0.25) is 0 Å². The first-order valence-electron chi connectivity index (χ1n) is 45.0. The summed E-state index contributed by atoms with van der Waals surface area (Å²) in [6.07, 6.45) is 41.7. The first-order chi connectivity index (χ1) is 55.6. The number of fused-ring (bicyclic) bond motifs is 24. The lowest BCUT2D eigenvalue weighted by molar-refractivity contribution is 0.242. The molecular weight excluding hydrogens is 1380 g/mol. The van der Waals surface area contributed by atoms with Gasteiger partial charge in [-0.25, -0.2) is 0 Å². The zero-order valence-corrected chi connectivity index (χ0v) is 69.9. The summed E-state index contributed by atoms with van der Waals surface area (Å²) in [4.78, 5) is 0. The number of para-hydroxylation sites is 2. The van der Waals surface area contributed by atoms with Crippen molar-refractivity contribution in [3.63, 3.8) is 0 Å². The van der Waals surface area contributed by atoms with Crippen molar-refractivity contribution < 1.29 is 9.15 Å². The monoisotopic (exact) mass is 1500 g/mol. The number of rotatable bonds is 29. The van der Waals surface area contributed by atoms with Gasteiger partial charge in [-0.05, 0) is 209 Å². The first kappa shape index (κ1) is 74.7. The molecule has 1 aliphatic heterocycles. The van der Waals surface area contributed by atoms with Crippen molar-refractivity contribution in [3.8, 4) is 61.4 Å². The Hall–Kier alpha value is -9.44. The molecule has 3 heteroatoms. The van der Waals surface area contributed by atoms with Gasteiger partial charge in [0.05, 0.1) is 0 Å². The smallest absolute Gasteiger partial charge is 0.144 e. The summed E-state index contributed by atoms with van der Waals surface area (Å²) in [5.41, 5.74) is 40.1. The Balaban J connectivity index is 0.646. The number of unbranched alkanes of at least 4 members (excludes halogenated alkanes) is 16. The van der Waals surface area contributed by atoms with Crippen LogP contribution in [0.25, 0.3) is 88.7 Å². The van der Waals surface area contributed by atoms with Crippen molar-refractivity contribution in [1.29, 1.82) is 0 Å². The van der Waals surface area contributed by atoms with E-state index in [1.807, 2.05) is 0 Å². The van der Waals surface area contributed by atoms with Crippen molar-refractivity contribution in [2.45, 2.75) is 269 Å². The fraction of sp³-hybridized carbons (Fsp3) is 0.387. The molecule has 1 aromatic heterocycles. The Kier molecular flexibility index (Phi) is 19.4. The molecule has 0 amide bonds. The first-order valence-corrected chi connectivity index (χ1v) is 45.0. The number of nitrogens with one attached hydrogen (secondary N) is 1. The van der Waals surface area contributed by atoms with Gasteiger partial charge in [-0.2, -0.15) is 0 Å². The molecule has 3 nitrogen and oxygen atoms in total. The van der Waals surface area contributed by atoms with E-state index in [4.69, 9.17) is 9.15 Å². The molecule has 0 saturated carbocycles. The standard InChI is InChI=1S/C111H119NO2/c1-11-15-19-23-35-61-110(62-36-24-20-16-12-2)89-44-32-27-39-78(89)81-58-53-75(67-93(81)110)74-52-57-80-79-56-51-73(65-90(79)107(5,6)91(80)66-74)71-47-49-72(50-48-71)87-70-95-98(100-85-41-29-33-45-96(85)113-105(87)100)84-60-55-77(69-94(84)111(95,63-37-25-21-17-13-3)64-38-26-22-18-14-4)112-76-54-59-83-92(68-76)109(9,10)103-99(83)101-86-42-30-34-46-97(86)114-106(101)102-82-40-28-31-43-88(82)108(7,8)104(102)103/h27-34,39-47,49-60,65-71,87,105,112H,11-26,35-38,48,61-64H2,1-10H3. The van der Waals surface area contributed by atoms with Gasteiger partial charge in [0.1, 0.15) is 23.0 Å². The van der Waals surface area contributed by atoms with Crippen LogP contribution in [0, 0.1) is 5.92 Å². The van der Waals surface area contributed by atoms with Crippen LogP contribution in [-0.4, -0.2) is 6.10 Å². The Morgan fingerprint density at radius 2 is 0.895 bits per heavy atom. The number of anilines is 2. The number of allylic oxidation sites excluding steroid dienone is 5. The lowest BCUT2D eigenvalue weighted by atomic mass is 9.66. The molecule has 3 atom stereocenters. The summed E-state index contributed by atoms with van der Waals surface area (Å²) in [5.74, 6) is 1.34. The molecule has 0 fully saturated rings. The van der Waals surface area contributed by atoms with Crippen LogP contribution in [0.2, 0.25) is 0 Å². The minimum atomic E-state index is -0.292. The summed E-state index contributed by atoms with van der Waals surface area (Å²) in [7, 11) is 0. The topological polar surface area (TPSA) is 34.4 Å². The summed E-state index contributed by atoms with van der Waals surface area (Å²) in [6, 6.07) is 73.8. The van der Waals surface area contributed by atoms with E-state index in [1.54, 1.807) is 16.7 Å². The van der Waals surface area contributed by atoms with Gasteiger partial charge in [-0.15, -0.1) is 0 Å². The zero-order valence-electron chi connectivity index (χ0n) is 69.9. The van der Waals surface area contributed by atoms with Crippen molar-refractivity contribution in [3.05, 3.63) is 290 Å². The van der Waals surface area contributed by atoms with Crippen LogP contribution in [0.3, 0.4) is 0 Å². The molecule has 1 N–H and O–H groups in total. The third-order valence-electron chi connectivity index (χ3n) is 29.5. The molecule has 19 rings (SSSR count). The zero-order chi connectivity index (χ0) is 77.8. The average Bonchev–Trinajstić information content (AvgIpc) is 1.50. The van der Waals surface area contributed by atoms with Crippen molar-refractivity contribution >= 4 is 44.5 Å². The number of hydrogen-bond acceptors (Lipinski definition) is 3. The molecule has 2 heterocycles. The predicted octanol–water partition coefficient (Wildman–Crippen LogP) is 31.8. The van der Waals surface area contributed by atoms with Gasteiger partial charge in [0, 0.05) is 77.8 Å². The van der Waals surface area contributed by atoms with E-state index < -0.39 is 0 Å². The fourth-order valence-corrected chi connectivity index (χ4v) is 23.7. The second-order valence-corrected chi connectivity index (χ2v) is 37.4. The third-order valence-corrected chi connectivity index (χ3v) is 29.5. The van der Waals surface area contributed by atoms with E-state index in [0.29, 0.717) is 0 Å². The maximum Gasteiger partial charge on any atom is 0.144 e. The van der Waals surface area contributed by atoms with E-state index in [0.717, 1.165) is 47.6 Å². The summed E-state index contributed by atoms with van der Waals surface area (Å²) in [5, 5.41) is 6.60. The summed E-state index contributed by atoms with van der Waals surface area (Å²) >= 11 is 0. The fourth-order valence-electron chi connectivity index (χ4n) is 23.7. The lowest BCUT2D eigenvalue weighted by Crippen LogP contribution is -2.32. The molecule has 7 aliphatic carbocycles. The Morgan fingerprint density at radius 3 is 1.55 bits per heavy atom. The number of furan rings is 1. The lowest BCUT2D eigenvalue weighted by Gasteiger charge is -2.38. The van der Waals surface area contributed by atoms with Crippen LogP contribution in [0.1, 0.15) is 302 Å². The molecule has 0 spiro atoms. The maximum atomic E-state index is 7.44. The molecule has 580 valence electrons. The van der Waals surface area contributed by atoms with E-state index in [2.05, 4.69) is 287 Å². The quantitative estimate of drug-likeness (QED) is 0.0475. The highest BCUT2D eigenvalue weighted by Crippen LogP contribution is 2.67. The van der Waals surface area contributed by atoms with E-state index in [9.17, 15) is 0 Å². The van der Waals surface area contributed by atoms with Gasteiger partial charge in [0.2, 0.25) is 0 Å². The molecular formula is C111H119NO2. The SMILES string of the molecule is CCCCCCCC1(CCCCCCC)C2=CC(C3=CCC(c4ccc5c(c4)C(C)(C)c4cc(-c6ccc7c(c6)C(CCCCCCC)(CCCCCCC)c6ccccc6-7)ccc4-5)C=C3)C3Oc4ccccc4C3=C2c2ccc(Nc3ccc4c(c3)C(C)(C)c3c5c(c6oc7ccccc7c6c3-4)-c3ccccc3C5(C)C)cc21.